The molecule has 1 aliphatic heterocycles. The van der Waals surface area contributed by atoms with Crippen molar-refractivity contribution in [2.24, 2.45) is 5.41 Å². The van der Waals surface area contributed by atoms with Crippen LogP contribution in [0.5, 0.6) is 0 Å². The van der Waals surface area contributed by atoms with E-state index in [-0.39, 0.29) is 12.8 Å². The molecule has 0 aromatic heterocycles. The molecule has 1 heterocycles. The number of piperidine rings is 1. The van der Waals surface area contributed by atoms with Crippen LogP contribution in [0.25, 0.3) is 0 Å². The quantitative estimate of drug-likeness (QED) is 0.415. The molecular weight excluding hydrogens is 379 g/mol. The SMILES string of the molecule is CC1(C)CC(CC(F)(F)F)(CC(F)(F)F)CC(C)(C)N1.O=P(O)(O)O. The molecular formula is C13H24F6NO4P. The van der Waals surface area contributed by atoms with Gasteiger partial charge in [-0.25, -0.2) is 4.57 Å². The second kappa shape index (κ2) is 7.34. The molecule has 152 valence electrons. The van der Waals surface area contributed by atoms with Gasteiger partial charge >= 0.3 is 20.2 Å². The summed E-state index contributed by atoms with van der Waals surface area (Å²) in [6.45, 7) is 6.59. The first-order valence-electron chi connectivity index (χ1n) is 7.24. The van der Waals surface area contributed by atoms with Gasteiger partial charge in [-0.05, 0) is 46.0 Å². The lowest BCUT2D eigenvalue weighted by Gasteiger charge is -2.53. The largest absolute Gasteiger partial charge is 0.466 e. The molecule has 0 spiro atoms. The number of phosphoric acid groups is 1. The summed E-state index contributed by atoms with van der Waals surface area (Å²) in [6.07, 6.45) is -12.3. The Labute approximate surface area is 142 Å². The normalized spacial score (nSPS) is 22.8. The molecule has 0 bridgehead atoms. The maximum absolute atomic E-state index is 12.8. The van der Waals surface area contributed by atoms with Crippen LogP contribution in [0.15, 0.2) is 0 Å². The highest BCUT2D eigenvalue weighted by atomic mass is 31.2. The van der Waals surface area contributed by atoms with Gasteiger partial charge in [0.15, 0.2) is 0 Å². The van der Waals surface area contributed by atoms with E-state index in [2.05, 4.69) is 5.32 Å². The van der Waals surface area contributed by atoms with Crippen molar-refractivity contribution < 1.29 is 45.6 Å². The Kier molecular flexibility index (Phi) is 7.24. The lowest BCUT2D eigenvalue weighted by atomic mass is 9.62. The number of alkyl halides is 6. The van der Waals surface area contributed by atoms with Crippen LogP contribution in [0, 0.1) is 5.41 Å². The third-order valence-electron chi connectivity index (χ3n) is 3.46. The van der Waals surface area contributed by atoms with Crippen molar-refractivity contribution in [3.8, 4) is 0 Å². The van der Waals surface area contributed by atoms with E-state index in [0.717, 1.165) is 0 Å². The number of hydrogen-bond acceptors (Lipinski definition) is 2. The number of halogens is 6. The van der Waals surface area contributed by atoms with E-state index in [1.165, 1.54) is 0 Å². The van der Waals surface area contributed by atoms with Gasteiger partial charge in [0.2, 0.25) is 0 Å². The van der Waals surface area contributed by atoms with Gasteiger partial charge in [-0.15, -0.1) is 0 Å². The summed E-state index contributed by atoms with van der Waals surface area (Å²) in [5.41, 5.74) is -3.33. The second-order valence-corrected chi connectivity index (χ2v) is 8.87. The van der Waals surface area contributed by atoms with Crippen molar-refractivity contribution in [2.45, 2.75) is 76.8 Å². The first kappa shape index (κ1) is 24.7. The van der Waals surface area contributed by atoms with Gasteiger partial charge in [0.1, 0.15) is 0 Å². The molecule has 5 nitrogen and oxygen atoms in total. The van der Waals surface area contributed by atoms with Crippen molar-refractivity contribution in [1.29, 1.82) is 0 Å². The van der Waals surface area contributed by atoms with Gasteiger partial charge in [0.25, 0.3) is 0 Å². The van der Waals surface area contributed by atoms with Crippen molar-refractivity contribution in [3.63, 3.8) is 0 Å². The number of nitrogens with one attached hydrogen (secondary N) is 1. The van der Waals surface area contributed by atoms with Gasteiger partial charge in [-0.2, -0.15) is 26.3 Å². The minimum Gasteiger partial charge on any atom is -0.307 e. The highest BCUT2D eigenvalue weighted by molar-refractivity contribution is 7.45. The monoisotopic (exact) mass is 403 g/mol. The Bertz CT molecular complexity index is 448. The van der Waals surface area contributed by atoms with Gasteiger partial charge in [-0.1, -0.05) is 0 Å². The molecule has 0 unspecified atom stereocenters. The Hall–Kier alpha value is -0.350. The summed E-state index contributed by atoms with van der Waals surface area (Å²) >= 11 is 0. The zero-order valence-corrected chi connectivity index (χ0v) is 15.2. The fourth-order valence-electron chi connectivity index (χ4n) is 4.10. The molecule has 0 aliphatic carbocycles. The smallest absolute Gasteiger partial charge is 0.307 e. The van der Waals surface area contributed by atoms with E-state index in [1.54, 1.807) is 27.7 Å². The summed E-state index contributed by atoms with van der Waals surface area (Å²) in [5, 5.41) is 3.12. The minimum absolute atomic E-state index is 0.150. The highest BCUT2D eigenvalue weighted by Crippen LogP contribution is 2.53. The maximum Gasteiger partial charge on any atom is 0.466 e. The Morgan fingerprint density at radius 1 is 0.840 bits per heavy atom. The fraction of sp³-hybridized carbons (Fsp3) is 1.00. The molecule has 1 aliphatic rings. The molecule has 1 saturated heterocycles. The minimum atomic E-state index is -4.64. The molecule has 12 heteroatoms. The van der Waals surface area contributed by atoms with Gasteiger partial charge in [-0.3, -0.25) is 0 Å². The van der Waals surface area contributed by atoms with Crippen molar-refractivity contribution in [1.82, 2.24) is 5.32 Å². The van der Waals surface area contributed by atoms with Crippen LogP contribution in [-0.4, -0.2) is 38.1 Å². The molecule has 1 rings (SSSR count). The number of hydrogen-bond donors (Lipinski definition) is 4. The average molecular weight is 403 g/mol. The molecule has 0 atom stereocenters. The van der Waals surface area contributed by atoms with Crippen molar-refractivity contribution >= 4 is 7.82 Å². The summed E-state index contributed by atoms with van der Waals surface area (Å²) in [6, 6.07) is 0. The summed E-state index contributed by atoms with van der Waals surface area (Å²) in [7, 11) is -4.64. The van der Waals surface area contributed by atoms with E-state index in [9.17, 15) is 26.3 Å². The zero-order valence-electron chi connectivity index (χ0n) is 14.3. The lowest BCUT2D eigenvalue weighted by molar-refractivity contribution is -0.209. The molecule has 0 amide bonds. The van der Waals surface area contributed by atoms with Crippen LogP contribution in [0.1, 0.15) is 53.4 Å². The summed E-state index contributed by atoms with van der Waals surface area (Å²) in [4.78, 5) is 21.6. The fourth-order valence-corrected chi connectivity index (χ4v) is 4.10. The molecule has 4 N–H and O–H groups in total. The molecule has 0 radical (unpaired) electrons. The van der Waals surface area contributed by atoms with Crippen molar-refractivity contribution in [3.05, 3.63) is 0 Å². The highest BCUT2D eigenvalue weighted by Gasteiger charge is 2.55. The van der Waals surface area contributed by atoms with Crippen LogP contribution in [0.3, 0.4) is 0 Å². The van der Waals surface area contributed by atoms with E-state index in [4.69, 9.17) is 19.2 Å². The molecule has 0 saturated carbocycles. The standard InChI is InChI=1S/C13H21F6N.H3O4P/c1-9(2)5-11(7-12(14,15)16,8-13(17,18)19)6-10(3,4)20-9;1-5(2,3)4/h20H,5-8H2,1-4H3;(H3,1,2,3,4). The predicted octanol–water partition coefficient (Wildman–Crippen LogP) is 3.89. The van der Waals surface area contributed by atoms with E-state index < -0.39 is 49.5 Å². The summed E-state index contributed by atoms with van der Waals surface area (Å²) in [5.74, 6) is 0. The first-order chi connectivity index (χ1) is 10.5. The number of rotatable bonds is 2. The second-order valence-electron chi connectivity index (χ2n) is 7.84. The van der Waals surface area contributed by atoms with Crippen LogP contribution in [0.4, 0.5) is 26.3 Å². The Morgan fingerprint density at radius 3 is 1.28 bits per heavy atom. The maximum atomic E-state index is 12.8. The zero-order chi connectivity index (χ0) is 20.5. The third kappa shape index (κ3) is 12.6. The predicted molar refractivity (Wildman–Crippen MR) is 78.6 cm³/mol. The summed E-state index contributed by atoms with van der Waals surface area (Å²) < 4.78 is 85.5. The van der Waals surface area contributed by atoms with Crippen LogP contribution >= 0.6 is 7.82 Å². The topological polar surface area (TPSA) is 89.8 Å². The molecule has 1 fully saturated rings. The van der Waals surface area contributed by atoms with Crippen molar-refractivity contribution in [2.75, 3.05) is 0 Å². The molecule has 0 aromatic carbocycles. The molecule has 25 heavy (non-hydrogen) atoms. The van der Waals surface area contributed by atoms with Gasteiger partial charge in [0.05, 0.1) is 0 Å². The Balaban J connectivity index is 0.00000101. The Morgan fingerprint density at radius 2 is 1.08 bits per heavy atom. The van der Waals surface area contributed by atoms with Crippen LogP contribution < -0.4 is 5.32 Å². The molecule has 0 aromatic rings. The van der Waals surface area contributed by atoms with E-state index in [1.807, 2.05) is 0 Å². The van der Waals surface area contributed by atoms with Gasteiger partial charge < -0.3 is 20.0 Å². The van der Waals surface area contributed by atoms with Crippen LogP contribution in [0.2, 0.25) is 0 Å². The average Bonchev–Trinajstić information content (AvgIpc) is 1.97. The lowest BCUT2D eigenvalue weighted by Crippen LogP contribution is -2.62. The van der Waals surface area contributed by atoms with Gasteiger partial charge in [0, 0.05) is 23.9 Å². The van der Waals surface area contributed by atoms with E-state index >= 15 is 0 Å². The third-order valence-corrected chi connectivity index (χ3v) is 3.46. The van der Waals surface area contributed by atoms with E-state index in [0.29, 0.717) is 0 Å². The first-order valence-corrected chi connectivity index (χ1v) is 8.81. The van der Waals surface area contributed by atoms with Crippen LogP contribution in [-0.2, 0) is 4.57 Å².